The number of halogens is 1. The number of benzene rings is 1. The maximum absolute atomic E-state index is 12.5. The van der Waals surface area contributed by atoms with Crippen molar-refractivity contribution in [2.45, 2.75) is 51.4 Å². The van der Waals surface area contributed by atoms with Crippen LogP contribution >= 0.6 is 11.6 Å². The summed E-state index contributed by atoms with van der Waals surface area (Å²) >= 11 is 5.92. The number of amides is 1. The van der Waals surface area contributed by atoms with E-state index in [4.69, 9.17) is 16.3 Å². The van der Waals surface area contributed by atoms with Gasteiger partial charge in [0.25, 0.3) is 0 Å². The van der Waals surface area contributed by atoms with Crippen molar-refractivity contribution in [1.29, 1.82) is 0 Å². The van der Waals surface area contributed by atoms with Gasteiger partial charge in [-0.15, -0.1) is 0 Å². The average Bonchev–Trinajstić information content (AvgIpc) is 2.57. The monoisotopic (exact) mass is 366 g/mol. The normalized spacial score (nSPS) is 26.0. The summed E-state index contributed by atoms with van der Waals surface area (Å²) in [7, 11) is 0. The molecule has 1 aromatic carbocycles. The van der Waals surface area contributed by atoms with E-state index >= 15 is 0 Å². The molecule has 1 N–H and O–H groups in total. The summed E-state index contributed by atoms with van der Waals surface area (Å²) in [5, 5.41) is 9.77. The van der Waals surface area contributed by atoms with E-state index in [0.29, 0.717) is 17.5 Å². The van der Waals surface area contributed by atoms with E-state index in [1.54, 1.807) is 12.1 Å². The minimum absolute atomic E-state index is 0.0487. The largest absolute Gasteiger partial charge is 0.506 e. The summed E-state index contributed by atoms with van der Waals surface area (Å²) in [4.78, 5) is 17.0. The van der Waals surface area contributed by atoms with Crippen molar-refractivity contribution in [1.82, 2.24) is 9.80 Å². The fraction of sp³-hybridized carbons (Fsp3) is 0.632. The Morgan fingerprint density at radius 1 is 1.24 bits per heavy atom. The third-order valence-corrected chi connectivity index (χ3v) is 5.45. The topological polar surface area (TPSA) is 53.0 Å². The number of phenols is 1. The molecule has 6 heteroatoms. The van der Waals surface area contributed by atoms with E-state index in [1.807, 2.05) is 4.90 Å². The van der Waals surface area contributed by atoms with Gasteiger partial charge in [-0.05, 0) is 44.4 Å². The summed E-state index contributed by atoms with van der Waals surface area (Å²) in [5.41, 5.74) is 0.839. The van der Waals surface area contributed by atoms with E-state index in [1.165, 1.54) is 6.07 Å². The molecule has 0 bridgehead atoms. The first-order valence-corrected chi connectivity index (χ1v) is 9.45. The summed E-state index contributed by atoms with van der Waals surface area (Å²) < 4.78 is 5.82. The highest BCUT2D eigenvalue weighted by atomic mass is 35.5. The summed E-state index contributed by atoms with van der Waals surface area (Å²) in [6, 6.07) is 5.50. The number of ether oxygens (including phenoxy) is 1. The fourth-order valence-electron chi connectivity index (χ4n) is 3.94. The number of morpholine rings is 1. The summed E-state index contributed by atoms with van der Waals surface area (Å²) in [6.07, 6.45) is 2.92. The second-order valence-electron chi connectivity index (χ2n) is 7.29. The molecule has 2 aliphatic rings. The van der Waals surface area contributed by atoms with Crippen LogP contribution in [0.5, 0.6) is 5.75 Å². The molecule has 2 fully saturated rings. The van der Waals surface area contributed by atoms with Crippen LogP contribution in [0.15, 0.2) is 18.2 Å². The number of likely N-dealkylation sites (tertiary alicyclic amines) is 1. The Balaban J connectivity index is 1.51. The van der Waals surface area contributed by atoms with Crippen LogP contribution in [-0.2, 0) is 16.0 Å². The molecule has 1 amide bonds. The molecule has 0 aromatic heterocycles. The molecule has 25 heavy (non-hydrogen) atoms. The van der Waals surface area contributed by atoms with Gasteiger partial charge < -0.3 is 14.7 Å². The van der Waals surface area contributed by atoms with Crippen molar-refractivity contribution in [2.75, 3.05) is 26.2 Å². The molecular weight excluding hydrogens is 340 g/mol. The lowest BCUT2D eigenvalue weighted by Gasteiger charge is -2.43. The van der Waals surface area contributed by atoms with Crippen molar-refractivity contribution in [3.63, 3.8) is 0 Å². The smallest absolute Gasteiger partial charge is 0.226 e. The van der Waals surface area contributed by atoms with E-state index in [0.717, 1.165) is 44.6 Å². The summed E-state index contributed by atoms with van der Waals surface area (Å²) in [6.45, 7) is 7.82. The molecule has 0 saturated carbocycles. The lowest BCUT2D eigenvalue weighted by atomic mass is 10.0. The van der Waals surface area contributed by atoms with Crippen LogP contribution in [0.25, 0.3) is 0 Å². The molecule has 2 heterocycles. The predicted molar refractivity (Wildman–Crippen MR) is 98.0 cm³/mol. The molecule has 0 spiro atoms. The van der Waals surface area contributed by atoms with E-state index in [2.05, 4.69) is 18.7 Å². The standard InChI is InChI=1S/C19H27ClN2O3/c1-13-11-22(12-14(2)25-13)16-5-7-21(8-6-16)19(24)10-15-3-4-18(23)17(20)9-15/h3-4,9,13-14,16,23H,5-8,10-12H2,1-2H3/t13-,14+. The van der Waals surface area contributed by atoms with Gasteiger partial charge in [0, 0.05) is 32.2 Å². The molecule has 1 aromatic rings. The van der Waals surface area contributed by atoms with Gasteiger partial charge in [-0.25, -0.2) is 0 Å². The first-order chi connectivity index (χ1) is 11.9. The highest BCUT2D eigenvalue weighted by Gasteiger charge is 2.31. The average molecular weight is 367 g/mol. The molecule has 0 aliphatic carbocycles. The van der Waals surface area contributed by atoms with Gasteiger partial charge in [0.15, 0.2) is 0 Å². The van der Waals surface area contributed by atoms with Gasteiger partial charge >= 0.3 is 0 Å². The van der Waals surface area contributed by atoms with E-state index < -0.39 is 0 Å². The van der Waals surface area contributed by atoms with Crippen LogP contribution in [0.4, 0.5) is 0 Å². The number of hydrogen-bond acceptors (Lipinski definition) is 4. The number of aromatic hydroxyl groups is 1. The molecule has 138 valence electrons. The number of carbonyl (C=O) groups excluding carboxylic acids is 1. The Bertz CT molecular complexity index is 607. The number of phenolic OH excluding ortho intramolecular Hbond substituents is 1. The molecule has 0 radical (unpaired) electrons. The third kappa shape index (κ3) is 4.66. The van der Waals surface area contributed by atoms with Gasteiger partial charge in [-0.1, -0.05) is 17.7 Å². The number of carbonyl (C=O) groups is 1. The lowest BCUT2D eigenvalue weighted by Crippen LogP contribution is -2.53. The van der Waals surface area contributed by atoms with Gasteiger partial charge in [0.1, 0.15) is 5.75 Å². The number of nitrogens with zero attached hydrogens (tertiary/aromatic N) is 2. The van der Waals surface area contributed by atoms with Crippen LogP contribution in [0, 0.1) is 0 Å². The molecule has 5 nitrogen and oxygen atoms in total. The Morgan fingerprint density at radius 2 is 1.88 bits per heavy atom. The predicted octanol–water partition coefficient (Wildman–Crippen LogP) is 2.69. The minimum Gasteiger partial charge on any atom is -0.506 e. The maximum atomic E-state index is 12.5. The zero-order valence-corrected chi connectivity index (χ0v) is 15.7. The number of hydrogen-bond donors (Lipinski definition) is 1. The Morgan fingerprint density at radius 3 is 2.48 bits per heavy atom. The van der Waals surface area contributed by atoms with Crippen LogP contribution < -0.4 is 0 Å². The fourth-order valence-corrected chi connectivity index (χ4v) is 4.15. The quantitative estimate of drug-likeness (QED) is 0.893. The number of rotatable bonds is 3. The molecular formula is C19H27ClN2O3. The van der Waals surface area contributed by atoms with Crippen LogP contribution in [0.1, 0.15) is 32.3 Å². The van der Waals surface area contributed by atoms with Crippen molar-refractivity contribution in [3.8, 4) is 5.75 Å². The summed E-state index contributed by atoms with van der Waals surface area (Å²) in [5.74, 6) is 0.177. The second kappa shape index (κ2) is 7.94. The highest BCUT2D eigenvalue weighted by Crippen LogP contribution is 2.25. The van der Waals surface area contributed by atoms with Crippen molar-refractivity contribution < 1.29 is 14.6 Å². The SMILES string of the molecule is C[C@@H]1CN(C2CCN(C(=O)Cc3ccc(O)c(Cl)c3)CC2)C[C@H](C)O1. The highest BCUT2D eigenvalue weighted by molar-refractivity contribution is 6.32. The van der Waals surface area contributed by atoms with E-state index in [-0.39, 0.29) is 23.9 Å². The first kappa shape index (κ1) is 18.5. The Kier molecular flexibility index (Phi) is 5.87. The zero-order chi connectivity index (χ0) is 18.0. The van der Waals surface area contributed by atoms with Crippen molar-refractivity contribution >= 4 is 17.5 Å². The molecule has 2 atom stereocenters. The Labute approximate surface area is 154 Å². The molecule has 2 aliphatic heterocycles. The van der Waals surface area contributed by atoms with Crippen LogP contribution in [-0.4, -0.2) is 65.2 Å². The second-order valence-corrected chi connectivity index (χ2v) is 7.69. The van der Waals surface area contributed by atoms with Crippen LogP contribution in [0.3, 0.4) is 0 Å². The first-order valence-electron chi connectivity index (χ1n) is 9.07. The van der Waals surface area contributed by atoms with Crippen molar-refractivity contribution in [2.24, 2.45) is 0 Å². The molecule has 2 saturated heterocycles. The van der Waals surface area contributed by atoms with Crippen molar-refractivity contribution in [3.05, 3.63) is 28.8 Å². The Hall–Kier alpha value is -1.30. The number of piperidine rings is 1. The maximum Gasteiger partial charge on any atom is 0.226 e. The minimum atomic E-state index is 0.0487. The molecule has 3 rings (SSSR count). The zero-order valence-electron chi connectivity index (χ0n) is 14.9. The lowest BCUT2D eigenvalue weighted by molar-refractivity contribution is -0.133. The third-order valence-electron chi connectivity index (χ3n) is 5.15. The van der Waals surface area contributed by atoms with Gasteiger partial charge in [0.2, 0.25) is 5.91 Å². The molecule has 0 unspecified atom stereocenters. The van der Waals surface area contributed by atoms with E-state index in [9.17, 15) is 9.90 Å². The van der Waals surface area contributed by atoms with Crippen LogP contribution in [0.2, 0.25) is 5.02 Å². The van der Waals surface area contributed by atoms with Gasteiger partial charge in [0.05, 0.1) is 23.7 Å². The van der Waals surface area contributed by atoms with Gasteiger partial charge in [-0.2, -0.15) is 0 Å². The van der Waals surface area contributed by atoms with Gasteiger partial charge in [-0.3, -0.25) is 9.69 Å².